The van der Waals surface area contributed by atoms with E-state index in [1.807, 2.05) is 44.2 Å². The van der Waals surface area contributed by atoms with Gasteiger partial charge in [0.25, 0.3) is 0 Å². The fraction of sp³-hybridized carbons (Fsp3) is 0.300. The van der Waals surface area contributed by atoms with Gasteiger partial charge in [-0.15, -0.1) is 0 Å². The maximum Gasteiger partial charge on any atom is 0.229 e. The van der Waals surface area contributed by atoms with Crippen LogP contribution in [-0.4, -0.2) is 25.5 Å². The van der Waals surface area contributed by atoms with E-state index in [1.165, 1.54) is 0 Å². The van der Waals surface area contributed by atoms with Crippen LogP contribution in [0, 0.1) is 19.8 Å². The van der Waals surface area contributed by atoms with Gasteiger partial charge in [0.2, 0.25) is 11.8 Å². The van der Waals surface area contributed by atoms with Gasteiger partial charge in [0, 0.05) is 34.9 Å². The molecule has 1 aliphatic heterocycles. The summed E-state index contributed by atoms with van der Waals surface area (Å²) >= 11 is 3.49. The number of hydrogen-bond acceptors (Lipinski definition) is 3. The summed E-state index contributed by atoms with van der Waals surface area (Å²) in [6.07, 6.45) is 0.206. The summed E-state index contributed by atoms with van der Waals surface area (Å²) in [5.41, 5.74) is 3.56. The molecule has 0 radical (unpaired) electrons. The van der Waals surface area contributed by atoms with Crippen LogP contribution in [0.1, 0.15) is 17.5 Å². The Balaban J connectivity index is 1.74. The SMILES string of the molecule is COc1cccc(N2C[C@@H](C(=O)Nc3cc(C)c(Br)cc3C)CC2=O)c1. The summed E-state index contributed by atoms with van der Waals surface area (Å²) in [7, 11) is 1.59. The third-order valence-corrected chi connectivity index (χ3v) is 5.48. The predicted molar refractivity (Wildman–Crippen MR) is 106 cm³/mol. The fourth-order valence-corrected chi connectivity index (χ4v) is 3.52. The van der Waals surface area contributed by atoms with Gasteiger partial charge in [-0.1, -0.05) is 22.0 Å². The zero-order valence-electron chi connectivity index (χ0n) is 15.0. The third kappa shape index (κ3) is 3.75. The van der Waals surface area contributed by atoms with E-state index in [0.717, 1.165) is 27.0 Å². The normalized spacial score (nSPS) is 16.7. The lowest BCUT2D eigenvalue weighted by Gasteiger charge is -2.18. The first-order chi connectivity index (χ1) is 12.4. The largest absolute Gasteiger partial charge is 0.497 e. The lowest BCUT2D eigenvalue weighted by Crippen LogP contribution is -2.28. The van der Waals surface area contributed by atoms with Gasteiger partial charge in [-0.05, 0) is 49.2 Å². The molecule has 1 fully saturated rings. The molecule has 2 aromatic rings. The number of rotatable bonds is 4. The van der Waals surface area contributed by atoms with Crippen molar-refractivity contribution in [2.45, 2.75) is 20.3 Å². The van der Waals surface area contributed by atoms with E-state index >= 15 is 0 Å². The molecule has 1 heterocycles. The molecule has 2 aromatic carbocycles. The predicted octanol–water partition coefficient (Wildman–Crippen LogP) is 4.07. The van der Waals surface area contributed by atoms with Gasteiger partial charge in [-0.25, -0.2) is 0 Å². The van der Waals surface area contributed by atoms with Gasteiger partial charge < -0.3 is 15.0 Å². The van der Waals surface area contributed by atoms with Crippen LogP contribution in [0.4, 0.5) is 11.4 Å². The van der Waals surface area contributed by atoms with Crippen molar-refractivity contribution in [1.29, 1.82) is 0 Å². The second-order valence-corrected chi connectivity index (χ2v) is 7.37. The maximum atomic E-state index is 12.7. The molecule has 1 atom stereocenters. The van der Waals surface area contributed by atoms with E-state index in [2.05, 4.69) is 21.2 Å². The van der Waals surface area contributed by atoms with Crippen LogP contribution < -0.4 is 15.0 Å². The number of hydrogen-bond donors (Lipinski definition) is 1. The number of amides is 2. The van der Waals surface area contributed by atoms with Gasteiger partial charge in [0.1, 0.15) is 5.75 Å². The van der Waals surface area contributed by atoms with Crippen LogP contribution in [0.5, 0.6) is 5.75 Å². The molecule has 0 aromatic heterocycles. The molecule has 3 rings (SSSR count). The number of anilines is 2. The van der Waals surface area contributed by atoms with Crippen LogP contribution >= 0.6 is 15.9 Å². The number of carbonyl (C=O) groups is 2. The number of carbonyl (C=O) groups excluding carboxylic acids is 2. The van der Waals surface area contributed by atoms with Gasteiger partial charge in [0.15, 0.2) is 0 Å². The Kier molecular flexibility index (Phi) is 5.32. The molecule has 5 nitrogen and oxygen atoms in total. The first kappa shape index (κ1) is 18.5. The molecular formula is C20H21BrN2O3. The van der Waals surface area contributed by atoms with Crippen LogP contribution in [0.3, 0.4) is 0 Å². The minimum atomic E-state index is -0.378. The molecule has 0 spiro atoms. The molecule has 26 heavy (non-hydrogen) atoms. The Hall–Kier alpha value is -2.34. The van der Waals surface area contributed by atoms with Crippen molar-refractivity contribution in [3.05, 3.63) is 52.0 Å². The van der Waals surface area contributed by atoms with E-state index in [0.29, 0.717) is 12.3 Å². The lowest BCUT2D eigenvalue weighted by atomic mass is 10.1. The molecule has 0 bridgehead atoms. The molecule has 2 amide bonds. The topological polar surface area (TPSA) is 58.6 Å². The quantitative estimate of drug-likeness (QED) is 0.816. The van der Waals surface area contributed by atoms with E-state index in [9.17, 15) is 9.59 Å². The Morgan fingerprint density at radius 1 is 1.23 bits per heavy atom. The first-order valence-corrected chi connectivity index (χ1v) is 9.20. The maximum absolute atomic E-state index is 12.7. The smallest absolute Gasteiger partial charge is 0.229 e. The molecule has 0 saturated carbocycles. The van der Waals surface area contributed by atoms with Gasteiger partial charge >= 0.3 is 0 Å². The number of nitrogens with zero attached hydrogens (tertiary/aromatic N) is 1. The molecule has 0 unspecified atom stereocenters. The molecule has 136 valence electrons. The van der Waals surface area contributed by atoms with E-state index in [1.54, 1.807) is 18.1 Å². The highest BCUT2D eigenvalue weighted by molar-refractivity contribution is 9.10. The zero-order chi connectivity index (χ0) is 18.8. The molecule has 1 saturated heterocycles. The highest BCUT2D eigenvalue weighted by Gasteiger charge is 2.35. The van der Waals surface area contributed by atoms with Crippen LogP contribution in [-0.2, 0) is 9.59 Å². The number of ether oxygens (including phenoxy) is 1. The van der Waals surface area contributed by atoms with Crippen molar-refractivity contribution in [2.24, 2.45) is 5.92 Å². The van der Waals surface area contributed by atoms with Crippen LogP contribution in [0.15, 0.2) is 40.9 Å². The Bertz CT molecular complexity index is 866. The summed E-state index contributed by atoms with van der Waals surface area (Å²) < 4.78 is 6.22. The highest BCUT2D eigenvalue weighted by atomic mass is 79.9. The Morgan fingerprint density at radius 3 is 2.73 bits per heavy atom. The highest BCUT2D eigenvalue weighted by Crippen LogP contribution is 2.30. The Labute approximate surface area is 161 Å². The van der Waals surface area contributed by atoms with Gasteiger partial charge in [-0.2, -0.15) is 0 Å². The summed E-state index contributed by atoms with van der Waals surface area (Å²) in [6.45, 7) is 4.29. The average molecular weight is 417 g/mol. The molecule has 1 N–H and O–H groups in total. The van der Waals surface area contributed by atoms with Crippen molar-refractivity contribution in [3.63, 3.8) is 0 Å². The van der Waals surface area contributed by atoms with Crippen molar-refractivity contribution in [3.8, 4) is 5.75 Å². The van der Waals surface area contributed by atoms with Crippen molar-refractivity contribution in [1.82, 2.24) is 0 Å². The van der Waals surface area contributed by atoms with E-state index in [4.69, 9.17) is 4.74 Å². The summed E-state index contributed by atoms with van der Waals surface area (Å²) in [4.78, 5) is 26.7. The second-order valence-electron chi connectivity index (χ2n) is 6.51. The first-order valence-electron chi connectivity index (χ1n) is 8.41. The molecular weight excluding hydrogens is 396 g/mol. The molecule has 6 heteroatoms. The van der Waals surface area contributed by atoms with Gasteiger partial charge in [0.05, 0.1) is 13.0 Å². The third-order valence-electron chi connectivity index (χ3n) is 4.62. The number of benzene rings is 2. The second kappa shape index (κ2) is 7.50. The minimum Gasteiger partial charge on any atom is -0.497 e. The number of aryl methyl sites for hydroxylation is 2. The summed E-state index contributed by atoms with van der Waals surface area (Å²) in [5, 5.41) is 2.97. The number of methoxy groups -OCH3 is 1. The lowest BCUT2D eigenvalue weighted by molar-refractivity contribution is -0.122. The Morgan fingerprint density at radius 2 is 2.00 bits per heavy atom. The van der Waals surface area contributed by atoms with E-state index < -0.39 is 0 Å². The fourth-order valence-electron chi connectivity index (χ4n) is 3.06. The summed E-state index contributed by atoms with van der Waals surface area (Å²) in [6, 6.07) is 11.2. The summed E-state index contributed by atoms with van der Waals surface area (Å²) in [5.74, 6) is 0.122. The molecule has 0 aliphatic carbocycles. The number of halogens is 1. The van der Waals surface area contributed by atoms with Crippen LogP contribution in [0.2, 0.25) is 0 Å². The van der Waals surface area contributed by atoms with Crippen molar-refractivity contribution < 1.29 is 14.3 Å². The minimum absolute atomic E-state index is 0.0536. The van der Waals surface area contributed by atoms with Crippen molar-refractivity contribution >= 4 is 39.1 Å². The van der Waals surface area contributed by atoms with Gasteiger partial charge in [-0.3, -0.25) is 9.59 Å². The standard InChI is InChI=1S/C20H21BrN2O3/c1-12-8-18(13(2)7-17(12)21)22-20(25)14-9-19(24)23(11-14)15-5-4-6-16(10-15)26-3/h4-8,10,14H,9,11H2,1-3H3,(H,22,25)/t14-/m0/s1. The van der Waals surface area contributed by atoms with Crippen molar-refractivity contribution in [2.75, 3.05) is 23.9 Å². The molecule has 1 aliphatic rings. The monoisotopic (exact) mass is 416 g/mol. The average Bonchev–Trinajstić information content (AvgIpc) is 3.01. The number of nitrogens with one attached hydrogen (secondary N) is 1. The zero-order valence-corrected chi connectivity index (χ0v) is 16.6. The van der Waals surface area contributed by atoms with E-state index in [-0.39, 0.29) is 24.2 Å². The van der Waals surface area contributed by atoms with Crippen LogP contribution in [0.25, 0.3) is 0 Å².